The summed E-state index contributed by atoms with van der Waals surface area (Å²) in [5.74, 6) is 0.548. The molecule has 122 valence electrons. The van der Waals surface area contributed by atoms with Crippen molar-refractivity contribution in [2.45, 2.75) is 49.2 Å². The summed E-state index contributed by atoms with van der Waals surface area (Å²) < 4.78 is 28.6. The Balaban J connectivity index is 1.51. The fraction of sp³-hybridized carbons (Fsp3) is 0.471. The van der Waals surface area contributed by atoms with E-state index in [1.54, 1.807) is 30.5 Å². The Bertz CT molecular complexity index is 791. The summed E-state index contributed by atoms with van der Waals surface area (Å²) in [4.78, 5) is 7.43. The lowest BCUT2D eigenvalue weighted by Crippen LogP contribution is -2.27. The molecule has 6 heteroatoms. The van der Waals surface area contributed by atoms with Crippen LogP contribution in [0.15, 0.2) is 39.8 Å². The van der Waals surface area contributed by atoms with Gasteiger partial charge in [0.15, 0.2) is 9.84 Å². The van der Waals surface area contributed by atoms with E-state index in [0.717, 1.165) is 17.8 Å². The Labute approximate surface area is 136 Å². The Morgan fingerprint density at radius 2 is 1.74 bits per heavy atom. The number of aromatic nitrogens is 1. The molecule has 2 fully saturated rings. The predicted octanol–water partition coefficient (Wildman–Crippen LogP) is 2.87. The molecular formula is C17H20N2O3S. The van der Waals surface area contributed by atoms with Crippen molar-refractivity contribution in [1.82, 2.24) is 9.88 Å². The van der Waals surface area contributed by atoms with Crippen molar-refractivity contribution in [1.29, 1.82) is 0 Å². The maximum atomic E-state index is 11.5. The second kappa shape index (κ2) is 5.46. The molecule has 0 amide bonds. The van der Waals surface area contributed by atoms with E-state index in [1.165, 1.54) is 31.9 Å². The van der Waals surface area contributed by atoms with Gasteiger partial charge in [-0.15, -0.1) is 0 Å². The van der Waals surface area contributed by atoms with E-state index < -0.39 is 9.84 Å². The second-order valence-electron chi connectivity index (χ2n) is 6.58. The van der Waals surface area contributed by atoms with Crippen LogP contribution in [0.5, 0.6) is 0 Å². The van der Waals surface area contributed by atoms with Gasteiger partial charge in [-0.2, -0.15) is 0 Å². The van der Waals surface area contributed by atoms with Crippen molar-refractivity contribution in [3.05, 3.63) is 36.2 Å². The summed E-state index contributed by atoms with van der Waals surface area (Å²) in [6.45, 7) is 0.847. The van der Waals surface area contributed by atoms with E-state index in [1.807, 2.05) is 0 Å². The number of nitrogens with zero attached hydrogens (tertiary/aromatic N) is 2. The molecule has 0 saturated carbocycles. The third-order valence-electron chi connectivity index (χ3n) is 5.03. The first-order valence-corrected chi connectivity index (χ1v) is 9.90. The molecular weight excluding hydrogens is 312 g/mol. The van der Waals surface area contributed by atoms with Crippen LogP contribution in [0.4, 0.5) is 0 Å². The molecule has 2 bridgehead atoms. The van der Waals surface area contributed by atoms with Crippen molar-refractivity contribution in [2.24, 2.45) is 0 Å². The van der Waals surface area contributed by atoms with Crippen molar-refractivity contribution in [3.63, 3.8) is 0 Å². The van der Waals surface area contributed by atoms with Crippen LogP contribution in [0.3, 0.4) is 0 Å². The van der Waals surface area contributed by atoms with Crippen LogP contribution in [0.1, 0.15) is 31.4 Å². The van der Waals surface area contributed by atoms with Crippen LogP contribution in [-0.4, -0.2) is 36.6 Å². The number of hydrogen-bond acceptors (Lipinski definition) is 5. The molecule has 2 saturated heterocycles. The maximum absolute atomic E-state index is 11.5. The van der Waals surface area contributed by atoms with Crippen LogP contribution in [0.2, 0.25) is 0 Å². The quantitative estimate of drug-likeness (QED) is 0.861. The van der Waals surface area contributed by atoms with Gasteiger partial charge in [-0.25, -0.2) is 13.4 Å². The highest BCUT2D eigenvalue weighted by molar-refractivity contribution is 7.90. The summed E-state index contributed by atoms with van der Waals surface area (Å²) in [6, 6.07) is 8.10. The molecule has 1 aromatic heterocycles. The van der Waals surface area contributed by atoms with Gasteiger partial charge in [0, 0.05) is 30.4 Å². The maximum Gasteiger partial charge on any atom is 0.226 e. The average molecular weight is 332 g/mol. The fourth-order valence-electron chi connectivity index (χ4n) is 3.82. The van der Waals surface area contributed by atoms with Gasteiger partial charge in [-0.1, -0.05) is 0 Å². The first kappa shape index (κ1) is 14.9. The standard InChI is InChI=1S/C17H20N2O3S/c1-23(20,21)16-8-2-12(3-9-16)17-18-13(11-22-17)10-19-14-4-5-15(19)7-6-14/h2-3,8-9,11,14-15H,4-7,10H2,1H3. The summed E-state index contributed by atoms with van der Waals surface area (Å²) in [5.41, 5.74) is 1.75. The minimum Gasteiger partial charge on any atom is -0.444 e. The largest absolute Gasteiger partial charge is 0.444 e. The highest BCUT2D eigenvalue weighted by Gasteiger charge is 2.39. The van der Waals surface area contributed by atoms with Gasteiger partial charge >= 0.3 is 0 Å². The van der Waals surface area contributed by atoms with Crippen LogP contribution >= 0.6 is 0 Å². The molecule has 2 aromatic rings. The first-order valence-electron chi connectivity index (χ1n) is 8.01. The van der Waals surface area contributed by atoms with Gasteiger partial charge < -0.3 is 4.42 Å². The zero-order valence-electron chi connectivity index (χ0n) is 13.1. The van der Waals surface area contributed by atoms with Gasteiger partial charge in [0.05, 0.1) is 10.6 Å². The molecule has 5 nitrogen and oxygen atoms in total. The number of benzene rings is 1. The summed E-state index contributed by atoms with van der Waals surface area (Å²) in [5, 5.41) is 0. The molecule has 4 rings (SSSR count). The molecule has 0 aliphatic carbocycles. The van der Waals surface area contributed by atoms with E-state index in [9.17, 15) is 8.42 Å². The lowest BCUT2D eigenvalue weighted by Gasteiger charge is -2.19. The molecule has 2 aliphatic heterocycles. The summed E-state index contributed by atoms with van der Waals surface area (Å²) in [6.07, 6.45) is 8.16. The highest BCUT2D eigenvalue weighted by atomic mass is 32.2. The topological polar surface area (TPSA) is 63.4 Å². The van der Waals surface area contributed by atoms with E-state index in [2.05, 4.69) is 9.88 Å². The van der Waals surface area contributed by atoms with E-state index in [0.29, 0.717) is 22.9 Å². The molecule has 0 unspecified atom stereocenters. The van der Waals surface area contributed by atoms with Gasteiger partial charge in [-0.05, 0) is 49.9 Å². The molecule has 3 heterocycles. The van der Waals surface area contributed by atoms with Gasteiger partial charge in [-0.3, -0.25) is 4.90 Å². The van der Waals surface area contributed by atoms with Crippen LogP contribution in [0, 0.1) is 0 Å². The summed E-state index contributed by atoms with van der Waals surface area (Å²) in [7, 11) is -3.18. The third kappa shape index (κ3) is 2.81. The molecule has 0 radical (unpaired) electrons. The Morgan fingerprint density at radius 1 is 1.13 bits per heavy atom. The lowest BCUT2D eigenvalue weighted by molar-refractivity contribution is 0.241. The minimum atomic E-state index is -3.18. The normalized spacial score (nSPS) is 24.4. The van der Waals surface area contributed by atoms with Gasteiger partial charge in [0.2, 0.25) is 5.89 Å². The number of rotatable bonds is 4. The highest BCUT2D eigenvalue weighted by Crippen LogP contribution is 2.38. The van der Waals surface area contributed by atoms with Gasteiger partial charge in [0.25, 0.3) is 0 Å². The van der Waals surface area contributed by atoms with Crippen molar-refractivity contribution in [2.75, 3.05) is 6.26 Å². The van der Waals surface area contributed by atoms with Crippen LogP contribution in [0.25, 0.3) is 11.5 Å². The Morgan fingerprint density at radius 3 is 2.30 bits per heavy atom. The Kier molecular flexibility index (Phi) is 3.54. The van der Waals surface area contributed by atoms with Gasteiger partial charge in [0.1, 0.15) is 6.26 Å². The lowest BCUT2D eigenvalue weighted by atomic mass is 10.0. The SMILES string of the molecule is CS(=O)(=O)c1ccc(-c2nc(CN3C4CCC3CC4)co2)cc1. The number of hydrogen-bond donors (Lipinski definition) is 0. The second-order valence-corrected chi connectivity index (χ2v) is 8.59. The zero-order chi connectivity index (χ0) is 16.0. The smallest absolute Gasteiger partial charge is 0.226 e. The van der Waals surface area contributed by atoms with Crippen LogP contribution in [-0.2, 0) is 16.4 Å². The molecule has 1 aromatic carbocycles. The average Bonchev–Trinajstić information content (AvgIpc) is 3.24. The third-order valence-corrected chi connectivity index (χ3v) is 6.16. The number of oxazole rings is 1. The zero-order valence-corrected chi connectivity index (χ0v) is 13.9. The molecule has 23 heavy (non-hydrogen) atoms. The minimum absolute atomic E-state index is 0.307. The van der Waals surface area contributed by atoms with E-state index in [-0.39, 0.29) is 0 Å². The first-order chi connectivity index (χ1) is 11.0. The molecule has 0 spiro atoms. The predicted molar refractivity (Wildman–Crippen MR) is 86.6 cm³/mol. The number of sulfone groups is 1. The molecule has 0 N–H and O–H groups in total. The summed E-state index contributed by atoms with van der Waals surface area (Å²) >= 11 is 0. The monoisotopic (exact) mass is 332 g/mol. The van der Waals surface area contributed by atoms with E-state index >= 15 is 0 Å². The molecule has 2 aliphatic rings. The fourth-order valence-corrected chi connectivity index (χ4v) is 4.45. The van der Waals surface area contributed by atoms with Crippen LogP contribution < -0.4 is 0 Å². The van der Waals surface area contributed by atoms with E-state index in [4.69, 9.17) is 4.42 Å². The number of fused-ring (bicyclic) bond motifs is 2. The van der Waals surface area contributed by atoms with Crippen molar-refractivity contribution < 1.29 is 12.8 Å². The molecule has 0 atom stereocenters. The van der Waals surface area contributed by atoms with Crippen molar-refractivity contribution in [3.8, 4) is 11.5 Å². The van der Waals surface area contributed by atoms with Crippen molar-refractivity contribution >= 4 is 9.84 Å². The Hall–Kier alpha value is -1.66.